The molecule has 4 heteroatoms. The molecule has 0 bridgehead atoms. The zero-order valence-corrected chi connectivity index (χ0v) is 12.1. The minimum atomic E-state index is -0.403. The molecule has 0 heterocycles. The van der Waals surface area contributed by atoms with E-state index < -0.39 is 6.04 Å². The van der Waals surface area contributed by atoms with Crippen LogP contribution in [0.2, 0.25) is 0 Å². The molecule has 1 amide bonds. The number of hydrogen-bond donors (Lipinski definition) is 2. The second-order valence-electron chi connectivity index (χ2n) is 4.91. The molecule has 2 aromatic carbocycles. The molecule has 0 aromatic heterocycles. The standard InChI is InChI=1S/C17H17N3O/c1-12-6-8-15(9-7-12)20-17(21)13(2)19-16-5-3-4-14(10-16)11-18/h3-10,13,19H,1-2H3,(H,20,21). The van der Waals surface area contributed by atoms with Gasteiger partial charge in [-0.3, -0.25) is 4.79 Å². The highest BCUT2D eigenvalue weighted by Crippen LogP contribution is 2.13. The number of nitrogens with one attached hydrogen (secondary N) is 2. The zero-order chi connectivity index (χ0) is 15.2. The van der Waals surface area contributed by atoms with Gasteiger partial charge in [-0.15, -0.1) is 0 Å². The summed E-state index contributed by atoms with van der Waals surface area (Å²) < 4.78 is 0. The summed E-state index contributed by atoms with van der Waals surface area (Å²) in [6.45, 7) is 3.78. The van der Waals surface area contributed by atoms with E-state index in [-0.39, 0.29) is 5.91 Å². The van der Waals surface area contributed by atoms with Crippen molar-refractivity contribution in [3.8, 4) is 6.07 Å². The highest BCUT2D eigenvalue weighted by molar-refractivity contribution is 5.96. The van der Waals surface area contributed by atoms with E-state index in [4.69, 9.17) is 5.26 Å². The Hall–Kier alpha value is -2.80. The lowest BCUT2D eigenvalue weighted by Crippen LogP contribution is -2.31. The van der Waals surface area contributed by atoms with E-state index in [1.165, 1.54) is 0 Å². The van der Waals surface area contributed by atoms with Gasteiger partial charge in [-0.25, -0.2) is 0 Å². The number of carbonyl (C=O) groups excluding carboxylic acids is 1. The predicted molar refractivity (Wildman–Crippen MR) is 84.1 cm³/mol. The molecule has 2 aromatic rings. The lowest BCUT2D eigenvalue weighted by molar-refractivity contribution is -0.116. The lowest BCUT2D eigenvalue weighted by atomic mass is 10.2. The molecule has 106 valence electrons. The van der Waals surface area contributed by atoms with Crippen LogP contribution in [-0.2, 0) is 4.79 Å². The summed E-state index contributed by atoms with van der Waals surface area (Å²) >= 11 is 0. The first-order valence-corrected chi connectivity index (χ1v) is 6.73. The minimum Gasteiger partial charge on any atom is -0.374 e. The van der Waals surface area contributed by atoms with Crippen molar-refractivity contribution >= 4 is 17.3 Å². The van der Waals surface area contributed by atoms with Gasteiger partial charge in [0.05, 0.1) is 11.6 Å². The van der Waals surface area contributed by atoms with E-state index in [1.807, 2.05) is 37.3 Å². The van der Waals surface area contributed by atoms with Crippen molar-refractivity contribution in [3.63, 3.8) is 0 Å². The summed E-state index contributed by atoms with van der Waals surface area (Å²) in [6.07, 6.45) is 0. The monoisotopic (exact) mass is 279 g/mol. The summed E-state index contributed by atoms with van der Waals surface area (Å²) in [7, 11) is 0. The number of anilines is 2. The molecule has 2 N–H and O–H groups in total. The molecular weight excluding hydrogens is 262 g/mol. The van der Waals surface area contributed by atoms with Gasteiger partial charge in [-0.1, -0.05) is 23.8 Å². The summed E-state index contributed by atoms with van der Waals surface area (Å²) in [5, 5.41) is 14.8. The minimum absolute atomic E-state index is 0.124. The predicted octanol–water partition coefficient (Wildman–Crippen LogP) is 3.31. The Morgan fingerprint density at radius 2 is 1.86 bits per heavy atom. The van der Waals surface area contributed by atoms with Gasteiger partial charge in [-0.05, 0) is 44.2 Å². The van der Waals surface area contributed by atoms with Crippen molar-refractivity contribution in [1.29, 1.82) is 5.26 Å². The largest absolute Gasteiger partial charge is 0.374 e. The third-order valence-corrected chi connectivity index (χ3v) is 3.09. The number of nitrogens with zero attached hydrogens (tertiary/aromatic N) is 1. The number of nitriles is 1. The molecule has 0 aliphatic rings. The van der Waals surface area contributed by atoms with Crippen molar-refractivity contribution in [2.75, 3.05) is 10.6 Å². The van der Waals surface area contributed by atoms with Crippen molar-refractivity contribution < 1.29 is 4.79 Å². The van der Waals surface area contributed by atoms with Gasteiger partial charge in [0, 0.05) is 11.4 Å². The van der Waals surface area contributed by atoms with Crippen LogP contribution >= 0.6 is 0 Å². The van der Waals surface area contributed by atoms with Gasteiger partial charge in [-0.2, -0.15) is 5.26 Å². The average molecular weight is 279 g/mol. The van der Waals surface area contributed by atoms with Gasteiger partial charge in [0.25, 0.3) is 0 Å². The Balaban J connectivity index is 1.99. The van der Waals surface area contributed by atoms with E-state index in [2.05, 4.69) is 16.7 Å². The summed E-state index contributed by atoms with van der Waals surface area (Å²) in [5.74, 6) is -0.124. The van der Waals surface area contributed by atoms with Crippen LogP contribution in [0.4, 0.5) is 11.4 Å². The summed E-state index contributed by atoms with van der Waals surface area (Å²) in [5.41, 5.74) is 3.23. The molecule has 0 aliphatic heterocycles. The number of hydrogen-bond acceptors (Lipinski definition) is 3. The molecule has 0 spiro atoms. The molecule has 0 aliphatic carbocycles. The quantitative estimate of drug-likeness (QED) is 0.902. The van der Waals surface area contributed by atoms with Crippen LogP contribution in [0.25, 0.3) is 0 Å². The van der Waals surface area contributed by atoms with E-state index in [0.29, 0.717) is 5.56 Å². The lowest BCUT2D eigenvalue weighted by Gasteiger charge is -2.15. The van der Waals surface area contributed by atoms with Gasteiger partial charge in [0.2, 0.25) is 5.91 Å². The van der Waals surface area contributed by atoms with Crippen molar-refractivity contribution in [2.45, 2.75) is 19.9 Å². The van der Waals surface area contributed by atoms with Crippen molar-refractivity contribution in [3.05, 3.63) is 59.7 Å². The van der Waals surface area contributed by atoms with E-state index in [9.17, 15) is 4.79 Å². The topological polar surface area (TPSA) is 64.9 Å². The number of benzene rings is 2. The molecule has 4 nitrogen and oxygen atoms in total. The first-order valence-electron chi connectivity index (χ1n) is 6.73. The number of carbonyl (C=O) groups is 1. The first kappa shape index (κ1) is 14.6. The Labute approximate surface area is 124 Å². The highest BCUT2D eigenvalue weighted by Gasteiger charge is 2.12. The van der Waals surface area contributed by atoms with Crippen LogP contribution in [0.3, 0.4) is 0 Å². The first-order chi connectivity index (χ1) is 10.1. The smallest absolute Gasteiger partial charge is 0.246 e. The zero-order valence-electron chi connectivity index (χ0n) is 12.1. The van der Waals surface area contributed by atoms with Crippen LogP contribution in [0.5, 0.6) is 0 Å². The third-order valence-electron chi connectivity index (χ3n) is 3.09. The normalized spacial score (nSPS) is 11.3. The van der Waals surface area contributed by atoms with Crippen LogP contribution < -0.4 is 10.6 Å². The van der Waals surface area contributed by atoms with Crippen molar-refractivity contribution in [2.24, 2.45) is 0 Å². The SMILES string of the molecule is Cc1ccc(NC(=O)C(C)Nc2cccc(C#N)c2)cc1. The number of amides is 1. The maximum absolute atomic E-state index is 12.1. The molecular formula is C17H17N3O. The summed E-state index contributed by atoms with van der Waals surface area (Å²) in [4.78, 5) is 12.1. The molecule has 0 radical (unpaired) electrons. The van der Waals surface area contributed by atoms with E-state index in [1.54, 1.807) is 25.1 Å². The maximum atomic E-state index is 12.1. The molecule has 0 fully saturated rings. The Kier molecular flexibility index (Phi) is 4.57. The molecule has 21 heavy (non-hydrogen) atoms. The van der Waals surface area contributed by atoms with E-state index in [0.717, 1.165) is 16.9 Å². The molecule has 2 rings (SSSR count). The Morgan fingerprint density at radius 3 is 2.52 bits per heavy atom. The van der Waals surface area contributed by atoms with Gasteiger partial charge in [0.1, 0.15) is 6.04 Å². The van der Waals surface area contributed by atoms with Crippen LogP contribution in [0, 0.1) is 18.3 Å². The van der Waals surface area contributed by atoms with Crippen LogP contribution in [0.1, 0.15) is 18.1 Å². The molecule has 0 saturated carbocycles. The maximum Gasteiger partial charge on any atom is 0.246 e. The van der Waals surface area contributed by atoms with Crippen LogP contribution in [0.15, 0.2) is 48.5 Å². The van der Waals surface area contributed by atoms with Gasteiger partial charge >= 0.3 is 0 Å². The third kappa shape index (κ3) is 4.08. The van der Waals surface area contributed by atoms with Gasteiger partial charge < -0.3 is 10.6 Å². The van der Waals surface area contributed by atoms with Gasteiger partial charge in [0.15, 0.2) is 0 Å². The van der Waals surface area contributed by atoms with Crippen molar-refractivity contribution in [1.82, 2.24) is 0 Å². The van der Waals surface area contributed by atoms with Crippen LogP contribution in [-0.4, -0.2) is 11.9 Å². The summed E-state index contributed by atoms with van der Waals surface area (Å²) in [6, 6.07) is 16.4. The molecule has 0 saturated heterocycles. The second kappa shape index (κ2) is 6.58. The average Bonchev–Trinajstić information content (AvgIpc) is 2.49. The fourth-order valence-corrected chi connectivity index (χ4v) is 1.88. The second-order valence-corrected chi connectivity index (χ2v) is 4.91. The molecule has 1 unspecified atom stereocenters. The number of rotatable bonds is 4. The fourth-order valence-electron chi connectivity index (χ4n) is 1.88. The molecule has 1 atom stereocenters. The Morgan fingerprint density at radius 1 is 1.14 bits per heavy atom. The fraction of sp³-hybridized carbons (Fsp3) is 0.176. The number of aryl methyl sites for hydroxylation is 1. The Bertz CT molecular complexity index is 671. The van der Waals surface area contributed by atoms with E-state index >= 15 is 0 Å². The highest BCUT2D eigenvalue weighted by atomic mass is 16.2.